The van der Waals surface area contributed by atoms with Crippen LogP contribution in [0.1, 0.15) is 0 Å². The summed E-state index contributed by atoms with van der Waals surface area (Å²) in [5.41, 5.74) is 0.854. The molecule has 1 fully saturated rings. The number of nitrogens with one attached hydrogen (secondary N) is 1. The third-order valence-electron chi connectivity index (χ3n) is 4.46. The molecule has 0 bridgehead atoms. The van der Waals surface area contributed by atoms with Gasteiger partial charge >= 0.3 is 5.69 Å². The molecule has 0 spiro atoms. The van der Waals surface area contributed by atoms with Crippen molar-refractivity contribution in [3.05, 3.63) is 68.5 Å². The van der Waals surface area contributed by atoms with E-state index in [0.717, 1.165) is 16.8 Å². The second-order valence-electron chi connectivity index (χ2n) is 6.16. The summed E-state index contributed by atoms with van der Waals surface area (Å²) in [7, 11) is 0. The van der Waals surface area contributed by atoms with Gasteiger partial charge in [-0.2, -0.15) is 0 Å². The summed E-state index contributed by atoms with van der Waals surface area (Å²) in [6, 6.07) is 10.9. The Morgan fingerprint density at radius 3 is 2.85 bits per heavy atom. The average Bonchev–Trinajstić information content (AvgIpc) is 2.66. The van der Waals surface area contributed by atoms with Crippen LogP contribution >= 0.6 is 11.6 Å². The van der Waals surface area contributed by atoms with E-state index in [-0.39, 0.29) is 18.2 Å². The minimum absolute atomic E-state index is 0.171. The van der Waals surface area contributed by atoms with Crippen LogP contribution in [0.5, 0.6) is 0 Å². The molecule has 0 amide bonds. The van der Waals surface area contributed by atoms with Crippen LogP contribution in [-0.4, -0.2) is 40.3 Å². The highest BCUT2D eigenvalue weighted by molar-refractivity contribution is 6.30. The number of rotatable bonds is 3. The molecule has 8 heteroatoms. The lowest BCUT2D eigenvalue weighted by Gasteiger charge is -2.34. The number of H-pyrrole nitrogens is 1. The van der Waals surface area contributed by atoms with E-state index in [1.54, 1.807) is 12.1 Å². The van der Waals surface area contributed by atoms with Gasteiger partial charge in [-0.25, -0.2) is 9.78 Å². The largest absolute Gasteiger partial charge is 0.373 e. The molecule has 26 heavy (non-hydrogen) atoms. The van der Waals surface area contributed by atoms with Crippen molar-refractivity contribution < 1.29 is 4.74 Å². The van der Waals surface area contributed by atoms with Gasteiger partial charge in [0, 0.05) is 30.0 Å². The second-order valence-corrected chi connectivity index (χ2v) is 6.60. The van der Waals surface area contributed by atoms with E-state index in [4.69, 9.17) is 16.3 Å². The van der Waals surface area contributed by atoms with Crippen molar-refractivity contribution in [3.63, 3.8) is 0 Å². The number of fused-ring (bicyclic) bond motifs is 1. The van der Waals surface area contributed by atoms with E-state index in [1.165, 1.54) is 6.20 Å². The van der Waals surface area contributed by atoms with Crippen LogP contribution < -0.4 is 16.1 Å². The molecule has 3 heterocycles. The van der Waals surface area contributed by atoms with Gasteiger partial charge < -0.3 is 14.6 Å². The summed E-state index contributed by atoms with van der Waals surface area (Å²) in [5.74, 6) is 0. The molecule has 1 N–H and O–H groups in total. The number of nitrogens with zero attached hydrogens (tertiary/aromatic N) is 3. The van der Waals surface area contributed by atoms with Gasteiger partial charge in [-0.1, -0.05) is 11.6 Å². The topological polar surface area (TPSA) is 80.2 Å². The Kier molecular flexibility index (Phi) is 4.48. The summed E-state index contributed by atoms with van der Waals surface area (Å²) < 4.78 is 6.94. The smallest absolute Gasteiger partial charge is 0.329 e. The van der Waals surface area contributed by atoms with Gasteiger partial charge in [0.15, 0.2) is 5.52 Å². The van der Waals surface area contributed by atoms with Crippen LogP contribution in [-0.2, 0) is 11.3 Å². The lowest BCUT2D eigenvalue weighted by Crippen LogP contribution is -2.47. The van der Waals surface area contributed by atoms with Crippen LogP contribution in [0.3, 0.4) is 0 Å². The van der Waals surface area contributed by atoms with E-state index in [2.05, 4.69) is 14.9 Å². The quantitative estimate of drug-likeness (QED) is 0.756. The molecular weight excluding hydrogens is 356 g/mol. The first-order valence-electron chi connectivity index (χ1n) is 8.32. The van der Waals surface area contributed by atoms with Gasteiger partial charge in [0.25, 0.3) is 5.56 Å². The Hall–Kier alpha value is -2.64. The van der Waals surface area contributed by atoms with Gasteiger partial charge in [-0.05, 0) is 36.4 Å². The summed E-state index contributed by atoms with van der Waals surface area (Å²) in [6.45, 7) is 2.01. The summed E-state index contributed by atoms with van der Waals surface area (Å²) in [4.78, 5) is 33.9. The van der Waals surface area contributed by atoms with Crippen molar-refractivity contribution in [2.45, 2.75) is 12.6 Å². The molecule has 1 aromatic carbocycles. The molecule has 3 aromatic rings. The van der Waals surface area contributed by atoms with Crippen LogP contribution in [0.25, 0.3) is 11.0 Å². The standard InChI is InChI=1S/C18H17ClN4O3/c19-12-3-5-13(6-4-12)22-8-9-26-14(10-22)11-23-17(24)16-15(21-18(23)25)2-1-7-20-16/h1-7,14H,8-11H2,(H,21,25). The summed E-state index contributed by atoms with van der Waals surface area (Å²) >= 11 is 5.94. The number of hydrogen-bond acceptors (Lipinski definition) is 5. The number of anilines is 1. The Morgan fingerprint density at radius 1 is 1.23 bits per heavy atom. The molecule has 1 atom stereocenters. The van der Waals surface area contributed by atoms with Crippen LogP contribution in [0, 0.1) is 0 Å². The maximum Gasteiger partial charge on any atom is 0.329 e. The number of morpholine rings is 1. The number of pyridine rings is 1. The molecular formula is C18H17ClN4O3. The number of benzene rings is 1. The first-order chi connectivity index (χ1) is 12.6. The van der Waals surface area contributed by atoms with E-state index < -0.39 is 11.2 Å². The van der Waals surface area contributed by atoms with Gasteiger partial charge in [-0.15, -0.1) is 0 Å². The Labute approximate surface area is 153 Å². The van der Waals surface area contributed by atoms with Gasteiger partial charge in [0.2, 0.25) is 0 Å². The molecule has 1 aliphatic heterocycles. The van der Waals surface area contributed by atoms with E-state index >= 15 is 0 Å². The third-order valence-corrected chi connectivity index (χ3v) is 4.71. The molecule has 0 radical (unpaired) electrons. The van der Waals surface area contributed by atoms with Crippen LogP contribution in [0.4, 0.5) is 5.69 Å². The predicted molar refractivity (Wildman–Crippen MR) is 100 cm³/mol. The minimum Gasteiger partial charge on any atom is -0.373 e. The van der Waals surface area contributed by atoms with E-state index in [1.807, 2.05) is 24.3 Å². The zero-order chi connectivity index (χ0) is 18.1. The monoisotopic (exact) mass is 372 g/mol. The molecule has 1 unspecified atom stereocenters. The third kappa shape index (κ3) is 3.23. The van der Waals surface area contributed by atoms with Crippen molar-refractivity contribution in [1.29, 1.82) is 0 Å². The number of aromatic nitrogens is 3. The maximum absolute atomic E-state index is 12.6. The molecule has 4 rings (SSSR count). The molecule has 1 saturated heterocycles. The van der Waals surface area contributed by atoms with Gasteiger partial charge in [0.1, 0.15) is 0 Å². The Morgan fingerprint density at radius 2 is 2.04 bits per heavy atom. The summed E-state index contributed by atoms with van der Waals surface area (Å²) in [5, 5.41) is 0.681. The zero-order valence-corrected chi connectivity index (χ0v) is 14.6. The number of hydrogen-bond donors (Lipinski definition) is 1. The van der Waals surface area contributed by atoms with Gasteiger partial charge in [-0.3, -0.25) is 9.36 Å². The highest BCUT2D eigenvalue weighted by atomic mass is 35.5. The second kappa shape index (κ2) is 6.93. The number of ether oxygens (including phenoxy) is 1. The van der Waals surface area contributed by atoms with Crippen molar-refractivity contribution in [2.75, 3.05) is 24.6 Å². The highest BCUT2D eigenvalue weighted by Crippen LogP contribution is 2.20. The predicted octanol–water partition coefficient (Wildman–Crippen LogP) is 1.64. The number of halogens is 1. The number of aromatic amines is 1. The van der Waals surface area contributed by atoms with E-state index in [9.17, 15) is 9.59 Å². The van der Waals surface area contributed by atoms with E-state index in [0.29, 0.717) is 23.7 Å². The Balaban J connectivity index is 1.59. The van der Waals surface area contributed by atoms with Crippen molar-refractivity contribution in [3.8, 4) is 0 Å². The molecule has 0 aliphatic carbocycles. The average molecular weight is 373 g/mol. The fraction of sp³-hybridized carbons (Fsp3) is 0.278. The molecule has 0 saturated carbocycles. The molecule has 134 valence electrons. The fourth-order valence-corrected chi connectivity index (χ4v) is 3.29. The first kappa shape index (κ1) is 16.8. The molecule has 7 nitrogen and oxygen atoms in total. The molecule has 1 aliphatic rings. The Bertz CT molecular complexity index is 1040. The van der Waals surface area contributed by atoms with Gasteiger partial charge in [0.05, 0.1) is 24.8 Å². The fourth-order valence-electron chi connectivity index (χ4n) is 3.17. The molecule has 2 aromatic heterocycles. The SMILES string of the molecule is O=c1[nH]c2cccnc2c(=O)n1CC1CN(c2ccc(Cl)cc2)CCO1. The minimum atomic E-state index is -0.456. The van der Waals surface area contributed by atoms with Crippen LogP contribution in [0.15, 0.2) is 52.2 Å². The van der Waals surface area contributed by atoms with Crippen LogP contribution in [0.2, 0.25) is 5.02 Å². The lowest BCUT2D eigenvalue weighted by atomic mass is 10.2. The highest BCUT2D eigenvalue weighted by Gasteiger charge is 2.23. The van der Waals surface area contributed by atoms with Crippen molar-refractivity contribution in [1.82, 2.24) is 14.5 Å². The summed E-state index contributed by atoms with van der Waals surface area (Å²) in [6.07, 6.45) is 1.26. The first-order valence-corrected chi connectivity index (χ1v) is 8.69. The zero-order valence-electron chi connectivity index (χ0n) is 13.9. The normalized spacial score (nSPS) is 17.6. The maximum atomic E-state index is 12.6. The lowest BCUT2D eigenvalue weighted by molar-refractivity contribution is 0.0283. The van der Waals surface area contributed by atoms with Crippen molar-refractivity contribution in [2.24, 2.45) is 0 Å². The van der Waals surface area contributed by atoms with Crippen molar-refractivity contribution >= 4 is 28.3 Å².